The van der Waals surface area contributed by atoms with Crippen molar-refractivity contribution in [2.45, 2.75) is 0 Å². The quantitative estimate of drug-likeness (QED) is 0.532. The number of carbonyl (C=O) groups is 1. The van der Waals surface area contributed by atoms with E-state index >= 15 is 0 Å². The molecule has 0 N–H and O–H groups in total. The summed E-state index contributed by atoms with van der Waals surface area (Å²) in [5, 5.41) is 1.15. The Kier molecular flexibility index (Phi) is 3.69. The van der Waals surface area contributed by atoms with Crippen LogP contribution in [-0.4, -0.2) is 13.1 Å². The van der Waals surface area contributed by atoms with Crippen LogP contribution >= 0.6 is 11.6 Å². The molecule has 0 bridgehead atoms. The van der Waals surface area contributed by atoms with E-state index in [9.17, 15) is 9.59 Å². The Bertz CT molecular complexity index is 927. The van der Waals surface area contributed by atoms with Crippen molar-refractivity contribution in [1.29, 1.82) is 0 Å². The molecule has 1 heterocycles. The average Bonchev–Trinajstić information content (AvgIpc) is 2.53. The molecule has 3 rings (SSSR count). The summed E-state index contributed by atoms with van der Waals surface area (Å²) in [6.07, 6.45) is 0. The molecule has 22 heavy (non-hydrogen) atoms. The zero-order chi connectivity index (χ0) is 15.7. The van der Waals surface area contributed by atoms with Gasteiger partial charge >= 0.3 is 11.6 Å². The maximum Gasteiger partial charge on any atom is 0.344 e. The van der Waals surface area contributed by atoms with Gasteiger partial charge in [0.2, 0.25) is 0 Å². The van der Waals surface area contributed by atoms with Crippen LogP contribution in [0.1, 0.15) is 10.4 Å². The van der Waals surface area contributed by atoms with Crippen LogP contribution in [0, 0.1) is 0 Å². The second kappa shape index (κ2) is 5.66. The Hall–Kier alpha value is -2.59. The number of ether oxygens (including phenoxy) is 1. The van der Waals surface area contributed by atoms with Crippen molar-refractivity contribution in [3.63, 3.8) is 0 Å². The SMILES string of the molecule is COC(=O)c1cc(Cl)ccc1-c1cc2ccccc2oc1=O. The number of methoxy groups -OCH3 is 1. The van der Waals surface area contributed by atoms with Crippen molar-refractivity contribution >= 4 is 28.5 Å². The molecule has 110 valence electrons. The minimum Gasteiger partial charge on any atom is -0.465 e. The van der Waals surface area contributed by atoms with E-state index < -0.39 is 11.6 Å². The monoisotopic (exact) mass is 314 g/mol. The second-order valence-corrected chi connectivity index (χ2v) is 5.10. The highest BCUT2D eigenvalue weighted by atomic mass is 35.5. The van der Waals surface area contributed by atoms with Crippen LogP contribution in [0.3, 0.4) is 0 Å². The fourth-order valence-corrected chi connectivity index (χ4v) is 2.45. The van der Waals surface area contributed by atoms with Gasteiger partial charge in [-0.05, 0) is 24.3 Å². The third kappa shape index (κ3) is 2.49. The van der Waals surface area contributed by atoms with Crippen LogP contribution < -0.4 is 5.63 Å². The van der Waals surface area contributed by atoms with E-state index in [4.69, 9.17) is 20.8 Å². The summed E-state index contributed by atoms with van der Waals surface area (Å²) in [5.41, 5.74) is 0.903. The molecule has 3 aromatic rings. The lowest BCUT2D eigenvalue weighted by atomic mass is 10.00. The molecule has 5 heteroatoms. The molecule has 0 saturated carbocycles. The third-order valence-corrected chi connectivity index (χ3v) is 3.55. The number of carbonyl (C=O) groups excluding carboxylic acids is 1. The van der Waals surface area contributed by atoms with Crippen molar-refractivity contribution in [2.24, 2.45) is 0 Å². The number of benzene rings is 2. The highest BCUT2D eigenvalue weighted by Gasteiger charge is 2.17. The van der Waals surface area contributed by atoms with Gasteiger partial charge in [0.1, 0.15) is 5.58 Å². The van der Waals surface area contributed by atoms with E-state index in [0.29, 0.717) is 16.2 Å². The highest BCUT2D eigenvalue weighted by Crippen LogP contribution is 2.27. The summed E-state index contributed by atoms with van der Waals surface area (Å²) >= 11 is 5.93. The molecule has 0 saturated heterocycles. The Balaban J connectivity index is 2.30. The van der Waals surface area contributed by atoms with Crippen LogP contribution in [0.2, 0.25) is 5.02 Å². The third-order valence-electron chi connectivity index (χ3n) is 3.32. The molecule has 0 fully saturated rings. The molecule has 4 nitrogen and oxygen atoms in total. The first-order valence-electron chi connectivity index (χ1n) is 6.51. The van der Waals surface area contributed by atoms with Gasteiger partial charge in [0.05, 0.1) is 18.2 Å². The molecule has 0 aliphatic rings. The average molecular weight is 315 g/mol. The maximum atomic E-state index is 12.2. The predicted octanol–water partition coefficient (Wildman–Crippen LogP) is 3.90. The van der Waals surface area contributed by atoms with Crippen LogP contribution in [0.15, 0.2) is 57.7 Å². The number of hydrogen-bond acceptors (Lipinski definition) is 4. The molecular weight excluding hydrogens is 304 g/mol. The molecule has 0 aliphatic heterocycles. The van der Waals surface area contributed by atoms with E-state index in [1.807, 2.05) is 12.1 Å². The number of halogens is 1. The predicted molar refractivity (Wildman–Crippen MR) is 84.3 cm³/mol. The Labute approximate surface area is 130 Å². The molecule has 0 atom stereocenters. The molecule has 0 amide bonds. The van der Waals surface area contributed by atoms with E-state index in [-0.39, 0.29) is 11.1 Å². The van der Waals surface area contributed by atoms with Crippen molar-refractivity contribution in [3.8, 4) is 11.1 Å². The number of para-hydroxylation sites is 1. The topological polar surface area (TPSA) is 56.5 Å². The van der Waals surface area contributed by atoms with Crippen LogP contribution in [0.5, 0.6) is 0 Å². The minimum atomic E-state index is -0.565. The number of esters is 1. The summed E-state index contributed by atoms with van der Waals surface area (Å²) < 4.78 is 10.1. The van der Waals surface area contributed by atoms with Crippen molar-refractivity contribution in [3.05, 3.63) is 69.5 Å². The Morgan fingerprint density at radius 2 is 1.86 bits per heavy atom. The fraction of sp³-hybridized carbons (Fsp3) is 0.0588. The van der Waals surface area contributed by atoms with E-state index in [2.05, 4.69) is 0 Å². The number of fused-ring (bicyclic) bond motifs is 1. The summed E-state index contributed by atoms with van der Waals surface area (Å²) in [5.74, 6) is -0.565. The van der Waals surface area contributed by atoms with Gasteiger partial charge in [-0.1, -0.05) is 35.9 Å². The van der Waals surface area contributed by atoms with E-state index in [1.54, 1.807) is 30.3 Å². The zero-order valence-electron chi connectivity index (χ0n) is 11.6. The lowest BCUT2D eigenvalue weighted by molar-refractivity contribution is 0.0601. The minimum absolute atomic E-state index is 0.220. The number of rotatable bonds is 2. The maximum absolute atomic E-state index is 12.2. The van der Waals surface area contributed by atoms with Crippen molar-refractivity contribution in [2.75, 3.05) is 7.11 Å². The first kappa shape index (κ1) is 14.4. The lowest BCUT2D eigenvalue weighted by Gasteiger charge is -2.08. The van der Waals surface area contributed by atoms with Gasteiger partial charge in [0.15, 0.2) is 0 Å². The van der Waals surface area contributed by atoms with Crippen molar-refractivity contribution < 1.29 is 13.9 Å². The number of hydrogen-bond donors (Lipinski definition) is 0. The fourth-order valence-electron chi connectivity index (χ4n) is 2.28. The van der Waals surface area contributed by atoms with Gasteiger partial charge in [0, 0.05) is 16.0 Å². The Morgan fingerprint density at radius 3 is 2.64 bits per heavy atom. The molecule has 1 aromatic heterocycles. The van der Waals surface area contributed by atoms with Crippen molar-refractivity contribution in [1.82, 2.24) is 0 Å². The summed E-state index contributed by atoms with van der Waals surface area (Å²) in [6.45, 7) is 0. The molecular formula is C17H11ClO4. The highest BCUT2D eigenvalue weighted by molar-refractivity contribution is 6.31. The first-order chi connectivity index (χ1) is 10.6. The van der Waals surface area contributed by atoms with Gasteiger partial charge in [-0.3, -0.25) is 0 Å². The zero-order valence-corrected chi connectivity index (χ0v) is 12.4. The summed E-state index contributed by atoms with van der Waals surface area (Å²) in [7, 11) is 1.27. The van der Waals surface area contributed by atoms with Gasteiger partial charge in [0.25, 0.3) is 0 Å². The lowest BCUT2D eigenvalue weighted by Crippen LogP contribution is -2.09. The van der Waals surface area contributed by atoms with Gasteiger partial charge in [-0.15, -0.1) is 0 Å². The largest absolute Gasteiger partial charge is 0.465 e. The molecule has 0 unspecified atom stereocenters. The smallest absolute Gasteiger partial charge is 0.344 e. The van der Waals surface area contributed by atoms with Crippen LogP contribution in [-0.2, 0) is 4.74 Å². The van der Waals surface area contributed by atoms with Gasteiger partial charge in [-0.25, -0.2) is 9.59 Å². The van der Waals surface area contributed by atoms with E-state index in [0.717, 1.165) is 5.39 Å². The molecule has 0 spiro atoms. The molecule has 0 aliphatic carbocycles. The molecule has 0 radical (unpaired) electrons. The van der Waals surface area contributed by atoms with Gasteiger partial charge < -0.3 is 9.15 Å². The molecule has 2 aromatic carbocycles. The van der Waals surface area contributed by atoms with Crippen LogP contribution in [0.4, 0.5) is 0 Å². The van der Waals surface area contributed by atoms with Gasteiger partial charge in [-0.2, -0.15) is 0 Å². The standard InChI is InChI=1S/C17H11ClO4/c1-21-16(19)14-9-11(18)6-7-12(14)13-8-10-4-2-3-5-15(10)22-17(13)20/h2-9H,1H3. The van der Waals surface area contributed by atoms with Crippen LogP contribution in [0.25, 0.3) is 22.1 Å². The second-order valence-electron chi connectivity index (χ2n) is 4.67. The van der Waals surface area contributed by atoms with E-state index in [1.165, 1.54) is 13.2 Å². The Morgan fingerprint density at radius 1 is 1.09 bits per heavy atom. The first-order valence-corrected chi connectivity index (χ1v) is 6.89. The normalized spacial score (nSPS) is 10.6. The summed E-state index contributed by atoms with van der Waals surface area (Å²) in [6, 6.07) is 13.5. The summed E-state index contributed by atoms with van der Waals surface area (Å²) in [4.78, 5) is 24.2.